The molecule has 1 saturated carbocycles. The number of carbonyl (C=O) groups excluding carboxylic acids is 1. The minimum Gasteiger partial charge on any atom is -0.467 e. The second kappa shape index (κ2) is 5.83. The highest BCUT2D eigenvalue weighted by Crippen LogP contribution is 2.38. The summed E-state index contributed by atoms with van der Waals surface area (Å²) in [6.07, 6.45) is 3.99. The summed E-state index contributed by atoms with van der Waals surface area (Å²) in [7, 11) is 1.44. The summed E-state index contributed by atoms with van der Waals surface area (Å²) in [5, 5.41) is 3.98. The van der Waals surface area contributed by atoms with E-state index in [0.717, 1.165) is 31.4 Å². The van der Waals surface area contributed by atoms with Gasteiger partial charge in [0.25, 0.3) is 0 Å². The Morgan fingerprint density at radius 2 is 2.16 bits per heavy atom. The molecule has 0 aliphatic heterocycles. The van der Waals surface area contributed by atoms with Crippen LogP contribution in [0.4, 0.5) is 5.69 Å². The van der Waals surface area contributed by atoms with E-state index in [0.29, 0.717) is 5.02 Å². The smallest absolute Gasteiger partial charge is 0.331 e. The molecule has 1 fully saturated rings. The minimum absolute atomic E-state index is 0.195. The number of benzene rings is 1. The van der Waals surface area contributed by atoms with E-state index in [2.05, 4.69) is 12.2 Å². The fourth-order valence-corrected chi connectivity index (χ4v) is 3.06. The molecular weight excluding hydrogens is 262 g/mol. The number of ether oxygens (including phenoxy) is 1. The van der Waals surface area contributed by atoms with Gasteiger partial charge in [-0.3, -0.25) is 0 Å². The molecule has 1 N–H and O–H groups in total. The molecule has 104 valence electrons. The van der Waals surface area contributed by atoms with Crippen molar-refractivity contribution in [3.63, 3.8) is 0 Å². The van der Waals surface area contributed by atoms with Crippen LogP contribution >= 0.6 is 11.6 Å². The minimum atomic E-state index is -0.655. The Bertz CT molecular complexity index is 463. The number of esters is 1. The van der Waals surface area contributed by atoms with Crippen molar-refractivity contribution in [2.75, 3.05) is 12.4 Å². The maximum Gasteiger partial charge on any atom is 0.331 e. The second-order valence-corrected chi connectivity index (χ2v) is 5.62. The van der Waals surface area contributed by atoms with Gasteiger partial charge in [-0.15, -0.1) is 0 Å². The number of rotatable bonds is 3. The molecule has 19 heavy (non-hydrogen) atoms. The van der Waals surface area contributed by atoms with Crippen LogP contribution < -0.4 is 5.32 Å². The standard InChI is InChI=1S/C15H20ClNO2/c1-11-7-5-6-10-15(11,14(18)19-2)17-13-9-4-3-8-12(13)16/h3-4,8-9,11,17H,5-7,10H2,1-2H3. The first-order chi connectivity index (χ1) is 9.10. The molecule has 2 unspecified atom stereocenters. The van der Waals surface area contributed by atoms with Gasteiger partial charge in [-0.1, -0.05) is 43.5 Å². The van der Waals surface area contributed by atoms with Crippen LogP contribution in [0.2, 0.25) is 5.02 Å². The van der Waals surface area contributed by atoms with Gasteiger partial charge in [0.15, 0.2) is 0 Å². The number of para-hydroxylation sites is 1. The van der Waals surface area contributed by atoms with Crippen LogP contribution in [0.3, 0.4) is 0 Å². The molecule has 0 spiro atoms. The van der Waals surface area contributed by atoms with Crippen LogP contribution in [0.25, 0.3) is 0 Å². The lowest BCUT2D eigenvalue weighted by molar-refractivity contribution is -0.149. The predicted octanol–water partition coefficient (Wildman–Crippen LogP) is 3.87. The van der Waals surface area contributed by atoms with Crippen molar-refractivity contribution >= 4 is 23.3 Å². The van der Waals surface area contributed by atoms with E-state index >= 15 is 0 Å². The van der Waals surface area contributed by atoms with Crippen molar-refractivity contribution in [3.05, 3.63) is 29.3 Å². The van der Waals surface area contributed by atoms with Crippen molar-refractivity contribution in [1.82, 2.24) is 0 Å². The molecule has 4 heteroatoms. The lowest BCUT2D eigenvalue weighted by Gasteiger charge is -2.41. The monoisotopic (exact) mass is 281 g/mol. The molecule has 1 aliphatic rings. The number of nitrogens with one attached hydrogen (secondary N) is 1. The average molecular weight is 282 g/mol. The second-order valence-electron chi connectivity index (χ2n) is 5.21. The molecule has 2 rings (SSSR count). The van der Waals surface area contributed by atoms with Gasteiger partial charge in [0.1, 0.15) is 5.54 Å². The molecule has 0 amide bonds. The van der Waals surface area contributed by atoms with Crippen molar-refractivity contribution in [2.24, 2.45) is 5.92 Å². The topological polar surface area (TPSA) is 38.3 Å². The van der Waals surface area contributed by atoms with E-state index in [1.54, 1.807) is 0 Å². The van der Waals surface area contributed by atoms with Crippen LogP contribution in [0.5, 0.6) is 0 Å². The zero-order chi connectivity index (χ0) is 13.9. The molecule has 0 aromatic heterocycles. The third kappa shape index (κ3) is 2.71. The summed E-state index contributed by atoms with van der Waals surface area (Å²) >= 11 is 6.19. The predicted molar refractivity (Wildman–Crippen MR) is 77.5 cm³/mol. The number of hydrogen-bond acceptors (Lipinski definition) is 3. The number of halogens is 1. The number of carbonyl (C=O) groups is 1. The zero-order valence-corrected chi connectivity index (χ0v) is 12.2. The van der Waals surface area contributed by atoms with E-state index in [9.17, 15) is 4.79 Å². The van der Waals surface area contributed by atoms with Crippen molar-refractivity contribution < 1.29 is 9.53 Å². The van der Waals surface area contributed by atoms with Gasteiger partial charge >= 0.3 is 5.97 Å². The first-order valence-corrected chi connectivity index (χ1v) is 7.09. The Kier molecular flexibility index (Phi) is 4.35. The highest BCUT2D eigenvalue weighted by atomic mass is 35.5. The summed E-state index contributed by atoms with van der Waals surface area (Å²) < 4.78 is 5.03. The van der Waals surface area contributed by atoms with Crippen LogP contribution in [0.15, 0.2) is 24.3 Å². The van der Waals surface area contributed by atoms with Crippen LogP contribution in [0.1, 0.15) is 32.6 Å². The van der Waals surface area contributed by atoms with Gasteiger partial charge in [-0.2, -0.15) is 0 Å². The lowest BCUT2D eigenvalue weighted by atomic mass is 9.73. The number of methoxy groups -OCH3 is 1. The zero-order valence-electron chi connectivity index (χ0n) is 11.4. The quantitative estimate of drug-likeness (QED) is 0.855. The summed E-state index contributed by atoms with van der Waals surface area (Å²) in [6.45, 7) is 2.10. The number of hydrogen-bond donors (Lipinski definition) is 1. The lowest BCUT2D eigenvalue weighted by Crippen LogP contribution is -2.54. The summed E-state index contributed by atoms with van der Waals surface area (Å²) in [4.78, 5) is 12.3. The van der Waals surface area contributed by atoms with Crippen molar-refractivity contribution in [3.8, 4) is 0 Å². The highest BCUT2D eigenvalue weighted by Gasteiger charge is 2.46. The van der Waals surface area contributed by atoms with E-state index in [1.165, 1.54) is 7.11 Å². The van der Waals surface area contributed by atoms with Crippen LogP contribution in [-0.2, 0) is 9.53 Å². The van der Waals surface area contributed by atoms with Gasteiger partial charge in [0.2, 0.25) is 0 Å². The molecule has 0 heterocycles. The Labute approximate surface area is 119 Å². The Hall–Kier alpha value is -1.22. The molecule has 0 radical (unpaired) electrons. The molecule has 1 aliphatic carbocycles. The van der Waals surface area contributed by atoms with Crippen molar-refractivity contribution in [1.29, 1.82) is 0 Å². The van der Waals surface area contributed by atoms with E-state index in [-0.39, 0.29) is 11.9 Å². The molecule has 3 nitrogen and oxygen atoms in total. The molecular formula is C15H20ClNO2. The highest BCUT2D eigenvalue weighted by molar-refractivity contribution is 6.33. The Morgan fingerprint density at radius 3 is 2.79 bits per heavy atom. The van der Waals surface area contributed by atoms with E-state index < -0.39 is 5.54 Å². The molecule has 1 aromatic rings. The maximum atomic E-state index is 12.3. The SMILES string of the molecule is COC(=O)C1(Nc2ccccc2Cl)CCCCC1C. The Morgan fingerprint density at radius 1 is 1.42 bits per heavy atom. The molecule has 2 atom stereocenters. The first kappa shape index (κ1) is 14.2. The Balaban J connectivity index is 2.33. The maximum absolute atomic E-state index is 12.3. The van der Waals surface area contributed by atoms with Gasteiger partial charge in [0, 0.05) is 0 Å². The molecule has 1 aromatic carbocycles. The summed E-state index contributed by atoms with van der Waals surface area (Å²) in [5.41, 5.74) is 0.140. The third-order valence-corrected chi connectivity index (χ3v) is 4.41. The average Bonchev–Trinajstić information content (AvgIpc) is 2.43. The van der Waals surface area contributed by atoms with Crippen molar-refractivity contribution in [2.45, 2.75) is 38.1 Å². The van der Waals surface area contributed by atoms with Crippen LogP contribution in [0, 0.1) is 5.92 Å². The van der Waals surface area contributed by atoms with E-state index in [1.807, 2.05) is 24.3 Å². The fraction of sp³-hybridized carbons (Fsp3) is 0.533. The normalized spacial score (nSPS) is 26.8. The number of anilines is 1. The van der Waals surface area contributed by atoms with Gasteiger partial charge in [-0.05, 0) is 30.9 Å². The molecule has 0 saturated heterocycles. The largest absolute Gasteiger partial charge is 0.467 e. The summed E-state index contributed by atoms with van der Waals surface area (Å²) in [5.74, 6) is 0.0320. The fourth-order valence-electron chi connectivity index (χ4n) is 2.87. The van der Waals surface area contributed by atoms with E-state index in [4.69, 9.17) is 16.3 Å². The van der Waals surface area contributed by atoms with Crippen LogP contribution in [-0.4, -0.2) is 18.6 Å². The van der Waals surface area contributed by atoms with Gasteiger partial charge in [-0.25, -0.2) is 4.79 Å². The van der Waals surface area contributed by atoms with Gasteiger partial charge < -0.3 is 10.1 Å². The first-order valence-electron chi connectivity index (χ1n) is 6.71. The molecule has 0 bridgehead atoms. The third-order valence-electron chi connectivity index (χ3n) is 4.08. The van der Waals surface area contributed by atoms with Gasteiger partial charge in [0.05, 0.1) is 17.8 Å². The summed E-state index contributed by atoms with van der Waals surface area (Å²) in [6, 6.07) is 7.51.